The lowest BCUT2D eigenvalue weighted by atomic mass is 10.1. The normalized spacial score (nSPS) is 16.8. The van der Waals surface area contributed by atoms with E-state index in [1.54, 1.807) is 17.9 Å². The van der Waals surface area contributed by atoms with Crippen molar-refractivity contribution in [1.29, 1.82) is 0 Å². The Morgan fingerprint density at radius 3 is 2.72 bits per heavy atom. The molecule has 1 aromatic heterocycles. The van der Waals surface area contributed by atoms with Gasteiger partial charge in [0.25, 0.3) is 0 Å². The summed E-state index contributed by atoms with van der Waals surface area (Å²) < 4.78 is 10.7. The van der Waals surface area contributed by atoms with Gasteiger partial charge in [-0.3, -0.25) is 0 Å². The molecule has 1 saturated heterocycles. The first-order valence-corrected chi connectivity index (χ1v) is 8.32. The fourth-order valence-electron chi connectivity index (χ4n) is 2.87. The molecule has 1 fully saturated rings. The van der Waals surface area contributed by atoms with E-state index >= 15 is 0 Å². The number of rotatable bonds is 3. The second-order valence-corrected chi connectivity index (χ2v) is 6.43. The number of urea groups is 1. The summed E-state index contributed by atoms with van der Waals surface area (Å²) in [6.07, 6.45) is 0.589. The van der Waals surface area contributed by atoms with Gasteiger partial charge in [-0.1, -0.05) is 6.07 Å². The third kappa shape index (κ3) is 4.21. The average Bonchev–Trinajstić information content (AvgIpc) is 2.98. The summed E-state index contributed by atoms with van der Waals surface area (Å²) in [6, 6.07) is 8.71. The summed E-state index contributed by atoms with van der Waals surface area (Å²) in [6.45, 7) is 6.85. The van der Waals surface area contributed by atoms with Crippen LogP contribution in [0, 0.1) is 20.8 Å². The van der Waals surface area contributed by atoms with E-state index in [-0.39, 0.29) is 12.1 Å². The summed E-state index contributed by atoms with van der Waals surface area (Å²) in [5.41, 5.74) is 2.68. The van der Waals surface area contributed by atoms with E-state index in [1.165, 1.54) is 11.6 Å². The zero-order valence-corrected chi connectivity index (χ0v) is 14.7. The van der Waals surface area contributed by atoms with Crippen molar-refractivity contribution in [1.82, 2.24) is 4.90 Å². The number of ether oxygens (including phenoxy) is 1. The first-order chi connectivity index (χ1) is 11.9. The molecule has 0 bridgehead atoms. The molecule has 2 aromatic rings. The third-order valence-electron chi connectivity index (χ3n) is 4.36. The largest absolute Gasteiger partial charge is 0.488 e. The van der Waals surface area contributed by atoms with Crippen LogP contribution in [-0.4, -0.2) is 30.1 Å². The van der Waals surface area contributed by atoms with Gasteiger partial charge in [-0.05, 0) is 44.0 Å². The Labute approximate surface area is 146 Å². The van der Waals surface area contributed by atoms with Gasteiger partial charge in [0.2, 0.25) is 0 Å². The van der Waals surface area contributed by atoms with Crippen molar-refractivity contribution < 1.29 is 13.9 Å². The van der Waals surface area contributed by atoms with Crippen LogP contribution in [0.25, 0.3) is 0 Å². The minimum Gasteiger partial charge on any atom is -0.488 e. The Morgan fingerprint density at radius 1 is 1.20 bits per heavy atom. The number of aryl methyl sites for hydroxylation is 3. The van der Waals surface area contributed by atoms with E-state index in [9.17, 15) is 9.59 Å². The van der Waals surface area contributed by atoms with Crippen LogP contribution in [0.5, 0.6) is 5.75 Å². The minimum absolute atomic E-state index is 0.133. The van der Waals surface area contributed by atoms with Gasteiger partial charge in [0, 0.05) is 24.7 Å². The molecule has 1 unspecified atom stereocenters. The Bertz CT molecular complexity index is 844. The number of carbonyl (C=O) groups excluding carboxylic acids is 1. The average molecular weight is 342 g/mol. The van der Waals surface area contributed by atoms with E-state index in [1.807, 2.05) is 32.0 Å². The highest BCUT2D eigenvalue weighted by atomic mass is 16.5. The number of benzene rings is 1. The highest BCUT2D eigenvalue weighted by molar-refractivity contribution is 5.89. The quantitative estimate of drug-likeness (QED) is 0.929. The minimum atomic E-state index is -0.433. The van der Waals surface area contributed by atoms with Crippen LogP contribution < -0.4 is 15.7 Å². The summed E-state index contributed by atoms with van der Waals surface area (Å²) >= 11 is 0. The molecule has 0 spiro atoms. The van der Waals surface area contributed by atoms with Crippen LogP contribution in [0.1, 0.15) is 23.3 Å². The van der Waals surface area contributed by atoms with Crippen molar-refractivity contribution in [2.24, 2.45) is 0 Å². The van der Waals surface area contributed by atoms with Gasteiger partial charge >= 0.3 is 11.7 Å². The Kier molecular flexibility index (Phi) is 4.79. The fourth-order valence-corrected chi connectivity index (χ4v) is 2.87. The number of likely N-dealkylation sites (tertiary alicyclic amines) is 1. The molecule has 132 valence electrons. The van der Waals surface area contributed by atoms with Gasteiger partial charge in [0.15, 0.2) is 0 Å². The van der Waals surface area contributed by atoms with Crippen LogP contribution in [-0.2, 0) is 0 Å². The van der Waals surface area contributed by atoms with Gasteiger partial charge in [-0.2, -0.15) is 0 Å². The van der Waals surface area contributed by atoms with Crippen molar-refractivity contribution in [2.75, 3.05) is 18.4 Å². The Balaban J connectivity index is 1.59. The van der Waals surface area contributed by atoms with Gasteiger partial charge in [0.1, 0.15) is 17.6 Å². The van der Waals surface area contributed by atoms with Crippen LogP contribution in [0.2, 0.25) is 0 Å². The molecule has 6 heteroatoms. The highest BCUT2D eigenvalue weighted by Crippen LogP contribution is 2.20. The summed E-state index contributed by atoms with van der Waals surface area (Å²) in [5.74, 6) is 0.986. The number of nitrogens with zero attached hydrogens (tertiary/aromatic N) is 1. The maximum Gasteiger partial charge on any atom is 0.339 e. The fraction of sp³-hybridized carbons (Fsp3) is 0.368. The van der Waals surface area contributed by atoms with E-state index in [0.717, 1.165) is 17.7 Å². The smallest absolute Gasteiger partial charge is 0.339 e. The molecular weight excluding hydrogens is 320 g/mol. The number of amides is 2. The first-order valence-electron chi connectivity index (χ1n) is 8.32. The van der Waals surface area contributed by atoms with Crippen molar-refractivity contribution in [2.45, 2.75) is 33.3 Å². The number of carbonyl (C=O) groups is 1. The molecule has 1 aliphatic heterocycles. The van der Waals surface area contributed by atoms with E-state index in [0.29, 0.717) is 24.6 Å². The number of nitrogens with one attached hydrogen (secondary N) is 1. The Hall–Kier alpha value is -2.76. The summed E-state index contributed by atoms with van der Waals surface area (Å²) in [7, 11) is 0. The van der Waals surface area contributed by atoms with Crippen LogP contribution in [0.3, 0.4) is 0 Å². The molecule has 2 amide bonds. The maximum atomic E-state index is 12.4. The monoisotopic (exact) mass is 342 g/mol. The first kappa shape index (κ1) is 17.1. The van der Waals surface area contributed by atoms with E-state index < -0.39 is 5.63 Å². The lowest BCUT2D eigenvalue weighted by Crippen LogP contribution is -2.34. The molecular formula is C19H22N2O4. The zero-order valence-electron chi connectivity index (χ0n) is 14.7. The molecule has 1 N–H and O–H groups in total. The molecule has 1 aromatic carbocycles. The van der Waals surface area contributed by atoms with Gasteiger partial charge in [-0.25, -0.2) is 9.59 Å². The lowest BCUT2D eigenvalue weighted by molar-refractivity contribution is 0.193. The molecule has 0 saturated carbocycles. The van der Waals surface area contributed by atoms with Gasteiger partial charge < -0.3 is 19.4 Å². The van der Waals surface area contributed by atoms with Crippen molar-refractivity contribution in [3.8, 4) is 5.75 Å². The topological polar surface area (TPSA) is 71.8 Å². The maximum absolute atomic E-state index is 12.4. The third-order valence-corrected chi connectivity index (χ3v) is 4.36. The molecule has 1 aliphatic rings. The van der Waals surface area contributed by atoms with Gasteiger partial charge in [0.05, 0.1) is 12.6 Å². The van der Waals surface area contributed by atoms with E-state index in [4.69, 9.17) is 9.15 Å². The van der Waals surface area contributed by atoms with Crippen LogP contribution >= 0.6 is 0 Å². The second-order valence-electron chi connectivity index (χ2n) is 6.43. The van der Waals surface area contributed by atoms with Crippen LogP contribution in [0.15, 0.2) is 39.5 Å². The predicted octanol–water partition coefficient (Wildman–Crippen LogP) is 3.25. The van der Waals surface area contributed by atoms with E-state index in [2.05, 4.69) is 5.32 Å². The standard InChI is InChI=1S/C19H22N2O4/c1-12-4-5-15(8-13(12)2)20-19(23)21-7-6-16(11-21)25-17-9-14(3)24-18(22)10-17/h4-5,8-10,16H,6-7,11H2,1-3H3,(H,20,23). The molecule has 2 heterocycles. The summed E-state index contributed by atoms with van der Waals surface area (Å²) in [4.78, 5) is 25.5. The Morgan fingerprint density at radius 2 is 2.00 bits per heavy atom. The lowest BCUT2D eigenvalue weighted by Gasteiger charge is -2.18. The van der Waals surface area contributed by atoms with Crippen molar-refractivity contribution in [3.63, 3.8) is 0 Å². The number of anilines is 1. The second kappa shape index (κ2) is 7.01. The molecule has 0 aliphatic carbocycles. The number of hydrogen-bond donors (Lipinski definition) is 1. The zero-order chi connectivity index (χ0) is 18.0. The van der Waals surface area contributed by atoms with Crippen molar-refractivity contribution >= 4 is 11.7 Å². The SMILES string of the molecule is Cc1cc(OC2CCN(C(=O)Nc3ccc(C)c(C)c3)C2)cc(=O)o1. The highest BCUT2D eigenvalue weighted by Gasteiger charge is 2.28. The molecule has 6 nitrogen and oxygen atoms in total. The van der Waals surface area contributed by atoms with Crippen molar-refractivity contribution in [3.05, 3.63) is 57.6 Å². The molecule has 0 radical (unpaired) electrons. The molecule has 3 rings (SSSR count). The predicted molar refractivity (Wildman–Crippen MR) is 95.3 cm³/mol. The van der Waals surface area contributed by atoms with Crippen LogP contribution in [0.4, 0.5) is 10.5 Å². The summed E-state index contributed by atoms with van der Waals surface area (Å²) in [5, 5.41) is 2.92. The number of hydrogen-bond acceptors (Lipinski definition) is 4. The molecule has 25 heavy (non-hydrogen) atoms. The molecule has 1 atom stereocenters. The van der Waals surface area contributed by atoms with Gasteiger partial charge in [-0.15, -0.1) is 0 Å².